The summed E-state index contributed by atoms with van der Waals surface area (Å²) >= 11 is 0. The SMILES string of the molecule is CC(C)(C)NC(=O)c1cc([N+](=O)[O-])ccc1N1CCC(Cc2ccccc2)CC1. The number of carbonyl (C=O) groups is 1. The minimum Gasteiger partial charge on any atom is -0.371 e. The molecule has 0 unspecified atom stereocenters. The fraction of sp³-hybridized carbons (Fsp3) is 0.435. The zero-order valence-electron chi connectivity index (χ0n) is 17.4. The Morgan fingerprint density at radius 2 is 1.79 bits per heavy atom. The lowest BCUT2D eigenvalue weighted by Crippen LogP contribution is -2.42. The van der Waals surface area contributed by atoms with Crippen molar-refractivity contribution in [2.75, 3.05) is 18.0 Å². The van der Waals surface area contributed by atoms with Gasteiger partial charge in [0.05, 0.1) is 16.2 Å². The van der Waals surface area contributed by atoms with Crippen molar-refractivity contribution >= 4 is 17.3 Å². The molecule has 154 valence electrons. The molecular formula is C23H29N3O3. The standard InChI is InChI=1S/C23H29N3O3/c1-23(2,3)24-22(27)20-16-19(26(28)29)9-10-21(20)25-13-11-18(12-14-25)15-17-7-5-4-6-8-17/h4-10,16,18H,11-15H2,1-3H3,(H,24,27). The lowest BCUT2D eigenvalue weighted by atomic mass is 9.89. The van der Waals surface area contributed by atoms with E-state index in [9.17, 15) is 14.9 Å². The summed E-state index contributed by atoms with van der Waals surface area (Å²) in [6.45, 7) is 7.38. The molecule has 2 aromatic carbocycles. The topological polar surface area (TPSA) is 75.5 Å². The first-order chi connectivity index (χ1) is 13.7. The van der Waals surface area contributed by atoms with Crippen LogP contribution in [0.5, 0.6) is 0 Å². The van der Waals surface area contributed by atoms with Crippen molar-refractivity contribution in [3.63, 3.8) is 0 Å². The predicted molar refractivity (Wildman–Crippen MR) is 115 cm³/mol. The number of piperidine rings is 1. The normalized spacial score (nSPS) is 15.2. The number of hydrogen-bond donors (Lipinski definition) is 1. The average Bonchev–Trinajstić information content (AvgIpc) is 2.67. The molecule has 1 fully saturated rings. The van der Waals surface area contributed by atoms with Gasteiger partial charge in [0.1, 0.15) is 0 Å². The zero-order valence-corrected chi connectivity index (χ0v) is 17.4. The van der Waals surface area contributed by atoms with Gasteiger partial charge in [-0.3, -0.25) is 14.9 Å². The van der Waals surface area contributed by atoms with E-state index in [0.29, 0.717) is 11.5 Å². The summed E-state index contributed by atoms with van der Waals surface area (Å²) in [5.41, 5.74) is 2.02. The highest BCUT2D eigenvalue weighted by atomic mass is 16.6. The summed E-state index contributed by atoms with van der Waals surface area (Å²) in [6, 6.07) is 15.1. The van der Waals surface area contributed by atoms with Crippen LogP contribution >= 0.6 is 0 Å². The minimum atomic E-state index is -0.455. The zero-order chi connectivity index (χ0) is 21.0. The molecule has 1 aliphatic rings. The van der Waals surface area contributed by atoms with Gasteiger partial charge in [0.15, 0.2) is 0 Å². The molecule has 1 N–H and O–H groups in total. The monoisotopic (exact) mass is 395 g/mol. The van der Waals surface area contributed by atoms with Crippen LogP contribution in [0.25, 0.3) is 0 Å². The number of nitro groups is 1. The highest BCUT2D eigenvalue weighted by Crippen LogP contribution is 2.31. The molecule has 0 aliphatic carbocycles. The Labute approximate surface area is 172 Å². The van der Waals surface area contributed by atoms with Crippen LogP contribution in [0.15, 0.2) is 48.5 Å². The summed E-state index contributed by atoms with van der Waals surface area (Å²) in [6.07, 6.45) is 3.13. The number of carbonyl (C=O) groups excluding carboxylic acids is 1. The van der Waals surface area contributed by atoms with E-state index in [1.807, 2.05) is 26.8 Å². The molecule has 0 bridgehead atoms. The molecule has 1 heterocycles. The van der Waals surface area contributed by atoms with Crippen molar-refractivity contribution in [1.29, 1.82) is 0 Å². The predicted octanol–water partition coefficient (Wildman–Crippen LogP) is 4.58. The van der Waals surface area contributed by atoms with E-state index in [1.54, 1.807) is 6.07 Å². The van der Waals surface area contributed by atoms with Crippen molar-refractivity contribution in [1.82, 2.24) is 5.32 Å². The molecule has 6 nitrogen and oxygen atoms in total. The molecule has 0 aromatic heterocycles. The van der Waals surface area contributed by atoms with Gasteiger partial charge in [0, 0.05) is 30.8 Å². The number of nitrogens with zero attached hydrogens (tertiary/aromatic N) is 2. The van der Waals surface area contributed by atoms with Gasteiger partial charge in [-0.2, -0.15) is 0 Å². The van der Waals surface area contributed by atoms with E-state index in [-0.39, 0.29) is 11.6 Å². The molecule has 0 saturated carbocycles. The smallest absolute Gasteiger partial charge is 0.270 e. The first-order valence-corrected chi connectivity index (χ1v) is 10.1. The third-order valence-corrected chi connectivity index (χ3v) is 5.25. The summed E-state index contributed by atoms with van der Waals surface area (Å²) in [4.78, 5) is 25.8. The Morgan fingerprint density at radius 1 is 1.14 bits per heavy atom. The lowest BCUT2D eigenvalue weighted by molar-refractivity contribution is -0.384. The van der Waals surface area contributed by atoms with Crippen LogP contribution in [0.1, 0.15) is 49.5 Å². The Kier molecular flexibility index (Phi) is 6.20. The quantitative estimate of drug-likeness (QED) is 0.594. The fourth-order valence-corrected chi connectivity index (χ4v) is 3.83. The van der Waals surface area contributed by atoms with E-state index < -0.39 is 10.5 Å². The number of nitrogens with one attached hydrogen (secondary N) is 1. The molecular weight excluding hydrogens is 366 g/mol. The highest BCUT2D eigenvalue weighted by Gasteiger charge is 2.26. The maximum absolute atomic E-state index is 12.8. The maximum atomic E-state index is 12.8. The second kappa shape index (κ2) is 8.64. The number of hydrogen-bond acceptors (Lipinski definition) is 4. The van der Waals surface area contributed by atoms with Gasteiger partial charge in [-0.1, -0.05) is 30.3 Å². The van der Waals surface area contributed by atoms with Crippen LogP contribution in [0, 0.1) is 16.0 Å². The van der Waals surface area contributed by atoms with E-state index in [2.05, 4.69) is 34.5 Å². The van der Waals surface area contributed by atoms with Gasteiger partial charge in [-0.05, 0) is 57.6 Å². The van der Waals surface area contributed by atoms with Gasteiger partial charge < -0.3 is 10.2 Å². The Morgan fingerprint density at radius 3 is 2.38 bits per heavy atom. The average molecular weight is 396 g/mol. The number of nitro benzene ring substituents is 1. The van der Waals surface area contributed by atoms with Gasteiger partial charge in [-0.15, -0.1) is 0 Å². The Bertz CT molecular complexity index is 867. The fourth-order valence-electron chi connectivity index (χ4n) is 3.83. The highest BCUT2D eigenvalue weighted by molar-refractivity contribution is 6.01. The maximum Gasteiger partial charge on any atom is 0.270 e. The molecule has 0 atom stereocenters. The van der Waals surface area contributed by atoms with Crippen LogP contribution in [0.2, 0.25) is 0 Å². The van der Waals surface area contributed by atoms with Gasteiger partial charge >= 0.3 is 0 Å². The minimum absolute atomic E-state index is 0.0632. The first-order valence-electron chi connectivity index (χ1n) is 10.1. The number of anilines is 1. The Hall–Kier alpha value is -2.89. The van der Waals surface area contributed by atoms with Crippen molar-refractivity contribution in [3.8, 4) is 0 Å². The first kappa shape index (κ1) is 20.8. The Balaban J connectivity index is 1.76. The number of non-ortho nitro benzene ring substituents is 1. The van der Waals surface area contributed by atoms with Crippen LogP contribution < -0.4 is 10.2 Å². The van der Waals surface area contributed by atoms with E-state index in [0.717, 1.165) is 38.0 Å². The van der Waals surface area contributed by atoms with E-state index >= 15 is 0 Å². The molecule has 1 saturated heterocycles. The second-order valence-electron chi connectivity index (χ2n) is 8.78. The van der Waals surface area contributed by atoms with Crippen LogP contribution in [0.3, 0.4) is 0 Å². The summed E-state index contributed by atoms with van der Waals surface area (Å²) in [5, 5.41) is 14.2. The van der Waals surface area contributed by atoms with Gasteiger partial charge in [-0.25, -0.2) is 0 Å². The van der Waals surface area contributed by atoms with Crippen LogP contribution in [0.4, 0.5) is 11.4 Å². The van der Waals surface area contributed by atoms with Crippen molar-refractivity contribution < 1.29 is 9.72 Å². The molecule has 6 heteroatoms. The molecule has 1 aliphatic heterocycles. The lowest BCUT2D eigenvalue weighted by Gasteiger charge is -2.35. The molecule has 1 amide bonds. The van der Waals surface area contributed by atoms with Crippen molar-refractivity contribution in [2.24, 2.45) is 5.92 Å². The van der Waals surface area contributed by atoms with Crippen molar-refractivity contribution in [3.05, 3.63) is 69.8 Å². The summed E-state index contributed by atoms with van der Waals surface area (Å²) < 4.78 is 0. The number of rotatable bonds is 5. The third-order valence-electron chi connectivity index (χ3n) is 5.25. The molecule has 0 radical (unpaired) electrons. The second-order valence-corrected chi connectivity index (χ2v) is 8.78. The largest absolute Gasteiger partial charge is 0.371 e. The van der Waals surface area contributed by atoms with Crippen LogP contribution in [-0.4, -0.2) is 29.5 Å². The summed E-state index contributed by atoms with van der Waals surface area (Å²) in [7, 11) is 0. The molecule has 2 aromatic rings. The molecule has 3 rings (SSSR count). The molecule has 0 spiro atoms. The summed E-state index contributed by atoms with van der Waals surface area (Å²) in [5.74, 6) is 0.334. The third kappa shape index (κ3) is 5.56. The van der Waals surface area contributed by atoms with Crippen molar-refractivity contribution in [2.45, 2.75) is 45.6 Å². The number of benzene rings is 2. The number of amides is 1. The van der Waals surface area contributed by atoms with E-state index in [1.165, 1.54) is 17.7 Å². The van der Waals surface area contributed by atoms with E-state index in [4.69, 9.17) is 0 Å². The van der Waals surface area contributed by atoms with Gasteiger partial charge in [0.2, 0.25) is 0 Å². The van der Waals surface area contributed by atoms with Gasteiger partial charge in [0.25, 0.3) is 11.6 Å². The van der Waals surface area contributed by atoms with Crippen LogP contribution in [-0.2, 0) is 6.42 Å². The molecule has 29 heavy (non-hydrogen) atoms.